The summed E-state index contributed by atoms with van der Waals surface area (Å²) in [6, 6.07) is 4.30. The zero-order valence-corrected chi connectivity index (χ0v) is 8.01. The standard InChI is InChI=1S/C9H9BrFN/c1-2-8(12)9-6(10)4-3-5-7(9)11/h2-5,8H,1,12H2/t8-/m1/s1. The predicted molar refractivity (Wildman–Crippen MR) is 51.2 cm³/mol. The highest BCUT2D eigenvalue weighted by atomic mass is 79.9. The number of rotatable bonds is 2. The highest BCUT2D eigenvalue weighted by molar-refractivity contribution is 9.10. The van der Waals surface area contributed by atoms with Gasteiger partial charge in [-0.15, -0.1) is 6.58 Å². The van der Waals surface area contributed by atoms with E-state index in [0.717, 1.165) is 0 Å². The van der Waals surface area contributed by atoms with Crippen LogP contribution in [-0.4, -0.2) is 0 Å². The van der Waals surface area contributed by atoms with Crippen LogP contribution in [0.1, 0.15) is 11.6 Å². The van der Waals surface area contributed by atoms with E-state index in [2.05, 4.69) is 22.5 Å². The third kappa shape index (κ3) is 1.73. The lowest BCUT2D eigenvalue weighted by atomic mass is 10.1. The van der Waals surface area contributed by atoms with Crippen molar-refractivity contribution in [3.63, 3.8) is 0 Å². The van der Waals surface area contributed by atoms with E-state index in [-0.39, 0.29) is 5.82 Å². The van der Waals surface area contributed by atoms with Crippen molar-refractivity contribution >= 4 is 15.9 Å². The van der Waals surface area contributed by atoms with Crippen molar-refractivity contribution in [2.75, 3.05) is 0 Å². The van der Waals surface area contributed by atoms with Crippen molar-refractivity contribution in [1.29, 1.82) is 0 Å². The number of hydrogen-bond acceptors (Lipinski definition) is 1. The van der Waals surface area contributed by atoms with E-state index in [9.17, 15) is 4.39 Å². The van der Waals surface area contributed by atoms with E-state index < -0.39 is 6.04 Å². The van der Waals surface area contributed by atoms with Crippen LogP contribution in [0, 0.1) is 5.82 Å². The molecule has 0 heterocycles. The maximum Gasteiger partial charge on any atom is 0.129 e. The normalized spacial score (nSPS) is 12.6. The summed E-state index contributed by atoms with van der Waals surface area (Å²) in [5, 5.41) is 0. The first kappa shape index (κ1) is 9.42. The Morgan fingerprint density at radius 3 is 2.75 bits per heavy atom. The van der Waals surface area contributed by atoms with Gasteiger partial charge in [0.1, 0.15) is 5.82 Å². The number of hydrogen-bond donors (Lipinski definition) is 1. The quantitative estimate of drug-likeness (QED) is 0.776. The fourth-order valence-corrected chi connectivity index (χ4v) is 1.55. The zero-order valence-electron chi connectivity index (χ0n) is 6.43. The molecule has 64 valence electrons. The smallest absolute Gasteiger partial charge is 0.129 e. The van der Waals surface area contributed by atoms with Gasteiger partial charge in [-0.25, -0.2) is 4.39 Å². The molecule has 1 nitrogen and oxygen atoms in total. The molecule has 12 heavy (non-hydrogen) atoms. The van der Waals surface area contributed by atoms with Crippen molar-refractivity contribution in [3.8, 4) is 0 Å². The molecule has 1 aromatic carbocycles. The first-order valence-electron chi connectivity index (χ1n) is 3.49. The first-order valence-corrected chi connectivity index (χ1v) is 4.28. The van der Waals surface area contributed by atoms with Gasteiger partial charge in [-0.2, -0.15) is 0 Å². The summed E-state index contributed by atoms with van der Waals surface area (Å²) in [5.74, 6) is -0.309. The number of benzene rings is 1. The first-order chi connectivity index (χ1) is 5.66. The molecule has 2 N–H and O–H groups in total. The molecule has 0 bridgehead atoms. The molecule has 0 aliphatic heterocycles. The second kappa shape index (κ2) is 3.83. The second-order valence-corrected chi connectivity index (χ2v) is 3.25. The maximum atomic E-state index is 13.1. The molecule has 0 aliphatic carbocycles. The Balaban J connectivity index is 3.20. The van der Waals surface area contributed by atoms with Crippen molar-refractivity contribution < 1.29 is 4.39 Å². The number of halogens is 2. The van der Waals surface area contributed by atoms with Crippen LogP contribution < -0.4 is 5.73 Å². The van der Waals surface area contributed by atoms with Crippen LogP contribution in [0.15, 0.2) is 35.3 Å². The molecule has 0 unspecified atom stereocenters. The minimum absolute atomic E-state index is 0.309. The van der Waals surface area contributed by atoms with E-state index in [4.69, 9.17) is 5.73 Å². The van der Waals surface area contributed by atoms with Crippen LogP contribution in [0.2, 0.25) is 0 Å². The molecule has 0 saturated carbocycles. The Morgan fingerprint density at radius 1 is 1.58 bits per heavy atom. The van der Waals surface area contributed by atoms with Gasteiger partial charge in [-0.3, -0.25) is 0 Å². The van der Waals surface area contributed by atoms with E-state index >= 15 is 0 Å². The Labute approximate surface area is 79.2 Å². The molecule has 1 aromatic rings. The Hall–Kier alpha value is -0.670. The van der Waals surface area contributed by atoms with Crippen LogP contribution >= 0.6 is 15.9 Å². The Bertz CT molecular complexity index is 278. The summed E-state index contributed by atoms with van der Waals surface area (Å²) < 4.78 is 13.8. The Morgan fingerprint density at radius 2 is 2.25 bits per heavy atom. The molecule has 0 spiro atoms. The van der Waals surface area contributed by atoms with Gasteiger partial charge in [0.2, 0.25) is 0 Å². The van der Waals surface area contributed by atoms with Crippen molar-refractivity contribution in [1.82, 2.24) is 0 Å². The molecule has 0 aliphatic rings. The largest absolute Gasteiger partial charge is 0.321 e. The third-order valence-corrected chi connectivity index (χ3v) is 2.28. The van der Waals surface area contributed by atoms with Crippen LogP contribution in [0.5, 0.6) is 0 Å². The second-order valence-electron chi connectivity index (χ2n) is 2.40. The van der Waals surface area contributed by atoms with E-state index in [1.807, 2.05) is 0 Å². The van der Waals surface area contributed by atoms with Gasteiger partial charge in [-0.05, 0) is 12.1 Å². The van der Waals surface area contributed by atoms with E-state index in [0.29, 0.717) is 10.0 Å². The van der Waals surface area contributed by atoms with Crippen LogP contribution in [0.25, 0.3) is 0 Å². The lowest BCUT2D eigenvalue weighted by Gasteiger charge is -2.09. The minimum atomic E-state index is -0.458. The van der Waals surface area contributed by atoms with Gasteiger partial charge >= 0.3 is 0 Å². The summed E-state index contributed by atoms with van der Waals surface area (Å²) in [4.78, 5) is 0. The molecular formula is C9H9BrFN. The van der Waals surface area contributed by atoms with Crippen LogP contribution in [-0.2, 0) is 0 Å². The Kier molecular flexibility index (Phi) is 3.00. The van der Waals surface area contributed by atoms with Gasteiger partial charge < -0.3 is 5.73 Å². The van der Waals surface area contributed by atoms with Crippen LogP contribution in [0.4, 0.5) is 4.39 Å². The summed E-state index contributed by atoms with van der Waals surface area (Å²) in [5.41, 5.74) is 6.06. The lowest BCUT2D eigenvalue weighted by molar-refractivity contribution is 0.600. The maximum absolute atomic E-state index is 13.1. The fraction of sp³-hybridized carbons (Fsp3) is 0.111. The van der Waals surface area contributed by atoms with Gasteiger partial charge in [-0.1, -0.05) is 28.1 Å². The summed E-state index contributed by atoms with van der Waals surface area (Å²) in [6.45, 7) is 3.51. The van der Waals surface area contributed by atoms with Crippen molar-refractivity contribution in [3.05, 3.63) is 46.7 Å². The van der Waals surface area contributed by atoms with Crippen molar-refractivity contribution in [2.45, 2.75) is 6.04 Å². The minimum Gasteiger partial charge on any atom is -0.321 e. The van der Waals surface area contributed by atoms with E-state index in [1.165, 1.54) is 12.1 Å². The topological polar surface area (TPSA) is 26.0 Å². The molecular weight excluding hydrogens is 221 g/mol. The highest BCUT2D eigenvalue weighted by Gasteiger charge is 2.10. The molecule has 1 atom stereocenters. The average Bonchev–Trinajstić information content (AvgIpc) is 2.03. The molecule has 0 radical (unpaired) electrons. The predicted octanol–water partition coefficient (Wildman–Crippen LogP) is 2.77. The van der Waals surface area contributed by atoms with Crippen molar-refractivity contribution in [2.24, 2.45) is 5.73 Å². The average molecular weight is 230 g/mol. The van der Waals surface area contributed by atoms with Gasteiger partial charge in [0.15, 0.2) is 0 Å². The van der Waals surface area contributed by atoms with Gasteiger partial charge in [0.05, 0.1) is 6.04 Å². The highest BCUT2D eigenvalue weighted by Crippen LogP contribution is 2.24. The monoisotopic (exact) mass is 229 g/mol. The molecule has 3 heteroatoms. The van der Waals surface area contributed by atoms with Crippen LogP contribution in [0.3, 0.4) is 0 Å². The summed E-state index contributed by atoms with van der Waals surface area (Å²) in [7, 11) is 0. The molecule has 0 aromatic heterocycles. The zero-order chi connectivity index (χ0) is 9.14. The third-order valence-electron chi connectivity index (χ3n) is 1.59. The summed E-state index contributed by atoms with van der Waals surface area (Å²) in [6.07, 6.45) is 1.50. The molecule has 0 amide bonds. The number of nitrogens with two attached hydrogens (primary N) is 1. The fourth-order valence-electron chi connectivity index (χ4n) is 0.947. The SMILES string of the molecule is C=C[C@@H](N)c1c(F)cccc1Br. The van der Waals surface area contributed by atoms with E-state index in [1.54, 1.807) is 12.1 Å². The molecule has 0 saturated heterocycles. The van der Waals surface area contributed by atoms with Gasteiger partial charge in [0.25, 0.3) is 0 Å². The lowest BCUT2D eigenvalue weighted by Crippen LogP contribution is -2.09. The van der Waals surface area contributed by atoms with Gasteiger partial charge in [0, 0.05) is 10.0 Å². The summed E-state index contributed by atoms with van der Waals surface area (Å²) >= 11 is 3.22. The molecule has 0 fully saturated rings. The molecule has 1 rings (SSSR count).